The SMILES string of the molecule is Cc1cccc(-c2nc(N)nc(N)c2C#N)c1O. The van der Waals surface area contributed by atoms with E-state index < -0.39 is 0 Å². The number of nitrogens with zero attached hydrogens (tertiary/aromatic N) is 3. The molecule has 0 amide bonds. The lowest BCUT2D eigenvalue weighted by atomic mass is 10.0. The van der Waals surface area contributed by atoms with Crippen molar-refractivity contribution in [2.75, 3.05) is 11.5 Å². The van der Waals surface area contributed by atoms with Gasteiger partial charge in [0.2, 0.25) is 5.95 Å². The smallest absolute Gasteiger partial charge is 0.222 e. The van der Waals surface area contributed by atoms with Crippen molar-refractivity contribution >= 4 is 11.8 Å². The van der Waals surface area contributed by atoms with Crippen LogP contribution in [0.1, 0.15) is 11.1 Å². The van der Waals surface area contributed by atoms with Crippen LogP contribution in [0.5, 0.6) is 5.75 Å². The Balaban J connectivity index is 2.79. The predicted molar refractivity (Wildman–Crippen MR) is 67.4 cm³/mol. The number of rotatable bonds is 1. The maximum Gasteiger partial charge on any atom is 0.222 e. The highest BCUT2D eigenvalue weighted by atomic mass is 16.3. The monoisotopic (exact) mass is 241 g/mol. The molecule has 0 atom stereocenters. The summed E-state index contributed by atoms with van der Waals surface area (Å²) < 4.78 is 0. The first-order valence-corrected chi connectivity index (χ1v) is 5.16. The van der Waals surface area contributed by atoms with E-state index in [0.717, 1.165) is 0 Å². The maximum atomic E-state index is 10.0. The molecule has 0 spiro atoms. The summed E-state index contributed by atoms with van der Waals surface area (Å²) in [6, 6.07) is 7.06. The lowest BCUT2D eigenvalue weighted by Crippen LogP contribution is -2.05. The second kappa shape index (κ2) is 4.22. The van der Waals surface area contributed by atoms with Gasteiger partial charge in [0, 0.05) is 5.56 Å². The van der Waals surface area contributed by atoms with Gasteiger partial charge in [0.25, 0.3) is 0 Å². The summed E-state index contributed by atoms with van der Waals surface area (Å²) >= 11 is 0. The van der Waals surface area contributed by atoms with Crippen molar-refractivity contribution in [3.05, 3.63) is 29.3 Å². The van der Waals surface area contributed by atoms with Crippen molar-refractivity contribution < 1.29 is 5.11 Å². The number of hydrogen-bond donors (Lipinski definition) is 3. The van der Waals surface area contributed by atoms with Crippen molar-refractivity contribution in [3.63, 3.8) is 0 Å². The molecule has 6 nitrogen and oxygen atoms in total. The average molecular weight is 241 g/mol. The van der Waals surface area contributed by atoms with Crippen LogP contribution in [-0.2, 0) is 0 Å². The first-order chi connectivity index (χ1) is 8.54. The van der Waals surface area contributed by atoms with Gasteiger partial charge in [-0.1, -0.05) is 12.1 Å². The molecule has 0 aliphatic heterocycles. The van der Waals surface area contributed by atoms with Crippen LogP contribution in [0.2, 0.25) is 0 Å². The first-order valence-electron chi connectivity index (χ1n) is 5.16. The Hall–Kier alpha value is -2.81. The Morgan fingerprint density at radius 3 is 2.67 bits per heavy atom. The second-order valence-corrected chi connectivity index (χ2v) is 3.77. The Kier molecular flexibility index (Phi) is 2.73. The van der Waals surface area contributed by atoms with E-state index in [1.165, 1.54) is 0 Å². The fraction of sp³-hybridized carbons (Fsp3) is 0.0833. The van der Waals surface area contributed by atoms with Crippen LogP contribution in [-0.4, -0.2) is 15.1 Å². The van der Waals surface area contributed by atoms with Gasteiger partial charge in [-0.3, -0.25) is 0 Å². The zero-order chi connectivity index (χ0) is 13.3. The summed E-state index contributed by atoms with van der Waals surface area (Å²) in [5.41, 5.74) is 12.6. The van der Waals surface area contributed by atoms with Crippen LogP contribution < -0.4 is 11.5 Å². The Labute approximate surface area is 104 Å². The summed E-state index contributed by atoms with van der Waals surface area (Å²) in [4.78, 5) is 7.70. The molecule has 0 saturated carbocycles. The van der Waals surface area contributed by atoms with Crippen molar-refractivity contribution in [3.8, 4) is 23.1 Å². The van der Waals surface area contributed by atoms with Crippen molar-refractivity contribution in [1.82, 2.24) is 9.97 Å². The lowest BCUT2D eigenvalue weighted by Gasteiger charge is -2.09. The highest BCUT2D eigenvalue weighted by Crippen LogP contribution is 2.33. The van der Waals surface area contributed by atoms with E-state index in [0.29, 0.717) is 11.1 Å². The number of nitrogen functional groups attached to an aromatic ring is 2. The van der Waals surface area contributed by atoms with Gasteiger partial charge in [-0.15, -0.1) is 0 Å². The van der Waals surface area contributed by atoms with Crippen LogP contribution in [0.3, 0.4) is 0 Å². The van der Waals surface area contributed by atoms with Crippen molar-refractivity contribution in [2.24, 2.45) is 0 Å². The second-order valence-electron chi connectivity index (χ2n) is 3.77. The number of anilines is 2. The third kappa shape index (κ3) is 1.78. The zero-order valence-corrected chi connectivity index (χ0v) is 9.68. The quantitative estimate of drug-likeness (QED) is 0.689. The van der Waals surface area contributed by atoms with Crippen molar-refractivity contribution in [1.29, 1.82) is 5.26 Å². The van der Waals surface area contributed by atoms with Gasteiger partial charge in [-0.05, 0) is 18.6 Å². The number of aryl methyl sites for hydroxylation is 1. The molecule has 0 saturated heterocycles. The van der Waals surface area contributed by atoms with Gasteiger partial charge < -0.3 is 16.6 Å². The fourth-order valence-corrected chi connectivity index (χ4v) is 1.65. The zero-order valence-electron chi connectivity index (χ0n) is 9.68. The normalized spacial score (nSPS) is 10.0. The number of nitrogens with two attached hydrogens (primary N) is 2. The molecule has 6 heteroatoms. The van der Waals surface area contributed by atoms with Crippen LogP contribution in [0.25, 0.3) is 11.3 Å². The molecule has 2 rings (SSSR count). The third-order valence-corrected chi connectivity index (χ3v) is 2.56. The minimum Gasteiger partial charge on any atom is -0.507 e. The van der Waals surface area contributed by atoms with Gasteiger partial charge in [0.15, 0.2) is 0 Å². The molecule has 90 valence electrons. The molecule has 0 radical (unpaired) electrons. The number of hydrogen-bond acceptors (Lipinski definition) is 6. The molecule has 0 aliphatic carbocycles. The molecule has 0 bridgehead atoms. The average Bonchev–Trinajstić information content (AvgIpc) is 2.32. The van der Waals surface area contributed by atoms with E-state index in [9.17, 15) is 5.11 Å². The summed E-state index contributed by atoms with van der Waals surface area (Å²) in [6.45, 7) is 1.75. The largest absolute Gasteiger partial charge is 0.507 e. The van der Waals surface area contributed by atoms with E-state index in [-0.39, 0.29) is 28.8 Å². The molecule has 0 unspecified atom stereocenters. The van der Waals surface area contributed by atoms with E-state index in [2.05, 4.69) is 9.97 Å². The minimum absolute atomic E-state index is 0.000839. The van der Waals surface area contributed by atoms with Crippen LogP contribution in [0.4, 0.5) is 11.8 Å². The van der Waals surface area contributed by atoms with Gasteiger partial charge in [0.05, 0.1) is 5.69 Å². The van der Waals surface area contributed by atoms with E-state index in [4.69, 9.17) is 16.7 Å². The topological polar surface area (TPSA) is 122 Å². The number of phenols is 1. The summed E-state index contributed by atoms with van der Waals surface area (Å²) in [5.74, 6) is 0.00909. The number of aromatic nitrogens is 2. The molecular weight excluding hydrogens is 230 g/mol. The Bertz CT molecular complexity index is 660. The molecular formula is C12H11N5O. The van der Waals surface area contributed by atoms with Gasteiger partial charge in [-0.25, -0.2) is 4.98 Å². The van der Waals surface area contributed by atoms with Gasteiger partial charge >= 0.3 is 0 Å². The molecule has 0 fully saturated rings. The number of phenolic OH excluding ortho intramolecular Hbond substituents is 1. The van der Waals surface area contributed by atoms with Crippen LogP contribution in [0, 0.1) is 18.3 Å². The Morgan fingerprint density at radius 1 is 1.28 bits per heavy atom. The molecule has 18 heavy (non-hydrogen) atoms. The molecule has 0 aliphatic rings. The van der Waals surface area contributed by atoms with Crippen molar-refractivity contribution in [2.45, 2.75) is 6.92 Å². The first kappa shape index (κ1) is 11.7. The number of benzene rings is 1. The number of nitriles is 1. The summed E-state index contributed by atoms with van der Waals surface area (Å²) in [6.07, 6.45) is 0. The Morgan fingerprint density at radius 2 is 2.00 bits per heavy atom. The minimum atomic E-state index is -0.0394. The number of para-hydroxylation sites is 1. The number of aromatic hydroxyl groups is 1. The fourth-order valence-electron chi connectivity index (χ4n) is 1.65. The summed E-state index contributed by atoms with van der Waals surface area (Å²) in [7, 11) is 0. The lowest BCUT2D eigenvalue weighted by molar-refractivity contribution is 0.473. The molecule has 1 aromatic carbocycles. The molecule has 2 aromatic rings. The molecule has 1 heterocycles. The maximum absolute atomic E-state index is 10.0. The predicted octanol–water partition coefficient (Wildman–Crippen LogP) is 1.19. The third-order valence-electron chi connectivity index (χ3n) is 2.56. The van der Waals surface area contributed by atoms with Crippen LogP contribution >= 0.6 is 0 Å². The van der Waals surface area contributed by atoms with Gasteiger partial charge in [-0.2, -0.15) is 10.2 Å². The van der Waals surface area contributed by atoms with E-state index >= 15 is 0 Å². The molecule has 5 N–H and O–H groups in total. The van der Waals surface area contributed by atoms with Crippen LogP contribution in [0.15, 0.2) is 18.2 Å². The molecule has 1 aromatic heterocycles. The summed E-state index contributed by atoms with van der Waals surface area (Å²) in [5, 5.41) is 19.1. The highest BCUT2D eigenvalue weighted by Gasteiger charge is 2.16. The van der Waals surface area contributed by atoms with Gasteiger partial charge in [0.1, 0.15) is 23.2 Å². The van der Waals surface area contributed by atoms with E-state index in [1.54, 1.807) is 25.1 Å². The highest BCUT2D eigenvalue weighted by molar-refractivity contribution is 5.77. The standard InChI is InChI=1S/C12H11N5O/c1-6-3-2-4-7(10(6)18)9-8(5-13)11(14)17-12(15)16-9/h2-4,18H,1H3,(H4,14,15,16,17). The van der Waals surface area contributed by atoms with E-state index in [1.807, 2.05) is 6.07 Å².